The van der Waals surface area contributed by atoms with Gasteiger partial charge in [0.2, 0.25) is 5.91 Å². The number of aromatic nitrogens is 2. The number of carbonyl (C=O) groups is 1. The SMILES string of the molecule is CC(=O)N[C@@H](C)CO[C@H]1CC[C@H](Oc2nc3c(-c4ccccc4)cc(OCC(F)F)cc3n2C)CC1. The van der Waals surface area contributed by atoms with Crippen LogP contribution in [0.15, 0.2) is 42.5 Å². The molecule has 0 saturated heterocycles. The maximum Gasteiger partial charge on any atom is 0.297 e. The van der Waals surface area contributed by atoms with Gasteiger partial charge in [-0.25, -0.2) is 8.78 Å². The Morgan fingerprint density at radius 2 is 1.81 bits per heavy atom. The molecule has 9 heteroatoms. The van der Waals surface area contributed by atoms with Gasteiger partial charge in [-0.2, -0.15) is 4.98 Å². The Morgan fingerprint density at radius 3 is 2.47 bits per heavy atom. The molecule has 1 aliphatic rings. The third-order valence-electron chi connectivity index (χ3n) is 6.30. The number of ether oxygens (including phenoxy) is 3. The predicted octanol–water partition coefficient (Wildman–Crippen LogP) is 5.12. The van der Waals surface area contributed by atoms with Crippen LogP contribution in [0.2, 0.25) is 0 Å². The van der Waals surface area contributed by atoms with E-state index in [-0.39, 0.29) is 24.2 Å². The van der Waals surface area contributed by atoms with Gasteiger partial charge in [0, 0.05) is 31.6 Å². The van der Waals surface area contributed by atoms with Gasteiger partial charge in [-0.1, -0.05) is 30.3 Å². The molecule has 1 aliphatic carbocycles. The highest BCUT2D eigenvalue weighted by Gasteiger charge is 2.26. The monoisotopic (exact) mass is 501 g/mol. The normalized spacial score (nSPS) is 18.8. The van der Waals surface area contributed by atoms with Crippen molar-refractivity contribution < 1.29 is 27.8 Å². The van der Waals surface area contributed by atoms with Crippen LogP contribution in [-0.2, 0) is 16.6 Å². The van der Waals surface area contributed by atoms with Gasteiger partial charge < -0.3 is 19.5 Å². The molecule has 0 spiro atoms. The van der Waals surface area contributed by atoms with E-state index in [1.165, 1.54) is 6.92 Å². The molecule has 2 aromatic carbocycles. The Labute approximate surface area is 209 Å². The van der Waals surface area contributed by atoms with Crippen molar-refractivity contribution in [1.29, 1.82) is 0 Å². The first-order chi connectivity index (χ1) is 17.3. The molecule has 194 valence electrons. The van der Waals surface area contributed by atoms with E-state index in [4.69, 9.17) is 19.2 Å². The van der Waals surface area contributed by atoms with Gasteiger partial charge in [-0.05, 0) is 44.2 Å². The van der Waals surface area contributed by atoms with Crippen molar-refractivity contribution in [2.75, 3.05) is 13.2 Å². The molecule has 36 heavy (non-hydrogen) atoms. The Morgan fingerprint density at radius 1 is 1.11 bits per heavy atom. The van der Waals surface area contributed by atoms with Crippen LogP contribution in [0.4, 0.5) is 8.78 Å². The number of nitrogens with one attached hydrogen (secondary N) is 1. The summed E-state index contributed by atoms with van der Waals surface area (Å²) in [6.07, 6.45) is 0.973. The molecule has 1 saturated carbocycles. The number of aryl methyl sites for hydroxylation is 1. The molecule has 7 nitrogen and oxygen atoms in total. The summed E-state index contributed by atoms with van der Waals surface area (Å²) in [6.45, 7) is 3.24. The van der Waals surface area contributed by atoms with Crippen molar-refractivity contribution in [2.45, 2.75) is 64.2 Å². The van der Waals surface area contributed by atoms with Gasteiger partial charge >= 0.3 is 0 Å². The average Bonchev–Trinajstić information content (AvgIpc) is 3.17. The van der Waals surface area contributed by atoms with Crippen molar-refractivity contribution in [1.82, 2.24) is 14.9 Å². The summed E-state index contributed by atoms with van der Waals surface area (Å²) in [5.74, 6) is 0.302. The molecule has 1 aromatic heterocycles. The van der Waals surface area contributed by atoms with E-state index in [0.717, 1.165) is 47.8 Å². The molecular formula is C27H33F2N3O4. The van der Waals surface area contributed by atoms with Crippen LogP contribution in [0.3, 0.4) is 0 Å². The number of imidazole rings is 1. The predicted molar refractivity (Wildman–Crippen MR) is 134 cm³/mol. The first-order valence-corrected chi connectivity index (χ1v) is 12.3. The number of rotatable bonds is 10. The van der Waals surface area contributed by atoms with Crippen LogP contribution < -0.4 is 14.8 Å². The van der Waals surface area contributed by atoms with Crippen LogP contribution >= 0.6 is 0 Å². The summed E-state index contributed by atoms with van der Waals surface area (Å²) in [7, 11) is 1.86. The lowest BCUT2D eigenvalue weighted by Gasteiger charge is -2.29. The second-order valence-corrected chi connectivity index (χ2v) is 9.31. The molecule has 1 atom stereocenters. The lowest BCUT2D eigenvalue weighted by Crippen LogP contribution is -2.37. The molecule has 0 bridgehead atoms. The van der Waals surface area contributed by atoms with Crippen molar-refractivity contribution >= 4 is 16.9 Å². The fourth-order valence-electron chi connectivity index (χ4n) is 4.56. The molecule has 1 N–H and O–H groups in total. The number of alkyl halides is 2. The van der Waals surface area contributed by atoms with Crippen LogP contribution in [0.25, 0.3) is 22.2 Å². The van der Waals surface area contributed by atoms with E-state index in [1.54, 1.807) is 12.1 Å². The van der Waals surface area contributed by atoms with Crippen molar-refractivity contribution in [3.63, 3.8) is 0 Å². The van der Waals surface area contributed by atoms with Gasteiger partial charge in [-0.15, -0.1) is 0 Å². The van der Waals surface area contributed by atoms with Gasteiger partial charge in [0.05, 0.1) is 18.2 Å². The maximum atomic E-state index is 12.8. The van der Waals surface area contributed by atoms with Crippen LogP contribution in [0, 0.1) is 0 Å². The zero-order valence-electron chi connectivity index (χ0n) is 20.9. The quantitative estimate of drug-likeness (QED) is 0.418. The van der Waals surface area contributed by atoms with E-state index < -0.39 is 13.0 Å². The van der Waals surface area contributed by atoms with Crippen molar-refractivity contribution in [3.8, 4) is 22.9 Å². The molecule has 1 heterocycles. The zero-order valence-corrected chi connectivity index (χ0v) is 20.9. The fourth-order valence-corrected chi connectivity index (χ4v) is 4.56. The summed E-state index contributed by atoms with van der Waals surface area (Å²) in [4.78, 5) is 16.0. The minimum Gasteiger partial charge on any atom is -0.488 e. The molecule has 0 aliphatic heterocycles. The van der Waals surface area contributed by atoms with E-state index in [0.29, 0.717) is 18.4 Å². The topological polar surface area (TPSA) is 74.6 Å². The number of halogens is 2. The van der Waals surface area contributed by atoms with Gasteiger partial charge in [0.25, 0.3) is 12.4 Å². The number of carbonyl (C=O) groups excluding carboxylic acids is 1. The average molecular weight is 502 g/mol. The second-order valence-electron chi connectivity index (χ2n) is 9.31. The Hall–Kier alpha value is -3.20. The first kappa shape index (κ1) is 25.9. The lowest BCUT2D eigenvalue weighted by molar-refractivity contribution is -0.120. The highest BCUT2D eigenvalue weighted by molar-refractivity contribution is 5.94. The van der Waals surface area contributed by atoms with Gasteiger partial charge in [0.1, 0.15) is 24.0 Å². The Bertz CT molecular complexity index is 1160. The molecule has 0 unspecified atom stereocenters. The summed E-state index contributed by atoms with van der Waals surface area (Å²) >= 11 is 0. The van der Waals surface area contributed by atoms with Gasteiger partial charge in [0.15, 0.2) is 0 Å². The summed E-state index contributed by atoms with van der Waals surface area (Å²) in [5, 5.41) is 2.83. The molecule has 1 fully saturated rings. The van der Waals surface area contributed by atoms with Gasteiger partial charge in [-0.3, -0.25) is 9.36 Å². The minimum atomic E-state index is -2.56. The van der Waals surface area contributed by atoms with Crippen molar-refractivity contribution in [2.24, 2.45) is 7.05 Å². The number of benzene rings is 2. The number of nitrogens with zero attached hydrogens (tertiary/aromatic N) is 2. The number of amides is 1. The first-order valence-electron chi connectivity index (χ1n) is 12.3. The largest absolute Gasteiger partial charge is 0.488 e. The molecule has 3 aromatic rings. The number of fused-ring (bicyclic) bond motifs is 1. The zero-order chi connectivity index (χ0) is 25.7. The highest BCUT2D eigenvalue weighted by atomic mass is 19.3. The minimum absolute atomic E-state index is 0.00265. The Balaban J connectivity index is 1.47. The summed E-state index contributed by atoms with van der Waals surface area (Å²) < 4.78 is 45.0. The number of hydrogen-bond donors (Lipinski definition) is 1. The Kier molecular flexibility index (Phi) is 8.40. The second kappa shape index (κ2) is 11.7. The molecular weight excluding hydrogens is 468 g/mol. The fraction of sp³-hybridized carbons (Fsp3) is 0.481. The van der Waals surface area contributed by atoms with Crippen LogP contribution in [0.5, 0.6) is 11.8 Å². The van der Waals surface area contributed by atoms with E-state index in [1.807, 2.05) is 48.9 Å². The third-order valence-corrected chi connectivity index (χ3v) is 6.30. The van der Waals surface area contributed by atoms with E-state index in [2.05, 4.69) is 5.32 Å². The van der Waals surface area contributed by atoms with E-state index in [9.17, 15) is 13.6 Å². The highest BCUT2D eigenvalue weighted by Crippen LogP contribution is 2.35. The molecule has 0 radical (unpaired) electrons. The summed E-state index contributed by atoms with van der Waals surface area (Å²) in [6, 6.07) is 13.6. The van der Waals surface area contributed by atoms with Crippen molar-refractivity contribution in [3.05, 3.63) is 42.5 Å². The van der Waals surface area contributed by atoms with Crippen LogP contribution in [0.1, 0.15) is 39.5 Å². The smallest absolute Gasteiger partial charge is 0.297 e. The molecule has 4 rings (SSSR count). The standard InChI is InChI=1S/C27H33F2N3O4/c1-17(30-18(2)33)15-34-20-9-11-21(12-10-20)36-27-31-26-23(19-7-5-4-6-8-19)13-22(35-16-25(28)29)14-24(26)32(27)3/h4-8,13-14,17,20-21,25H,9-12,15-16H2,1-3H3,(H,30,33)/t17-,20-,21-/m0/s1. The third kappa shape index (κ3) is 6.51. The summed E-state index contributed by atoms with van der Waals surface area (Å²) in [5.41, 5.74) is 3.20. The van der Waals surface area contributed by atoms with Crippen LogP contribution in [-0.4, -0.2) is 53.3 Å². The molecule has 1 amide bonds. The van der Waals surface area contributed by atoms with E-state index >= 15 is 0 Å². The number of hydrogen-bond acceptors (Lipinski definition) is 5. The lowest BCUT2D eigenvalue weighted by atomic mass is 9.95. The maximum absolute atomic E-state index is 12.8.